The molecule has 0 aliphatic heterocycles. The third kappa shape index (κ3) is 3.36. The van der Waals surface area contributed by atoms with Gasteiger partial charge in [-0.15, -0.1) is 0 Å². The highest BCUT2D eigenvalue weighted by molar-refractivity contribution is 5.92. The molecule has 0 atom stereocenters. The van der Waals surface area contributed by atoms with Crippen LogP contribution in [0, 0.1) is 0 Å². The molecule has 1 aromatic carbocycles. The smallest absolute Gasteiger partial charge is 0.276 e. The van der Waals surface area contributed by atoms with Gasteiger partial charge in [0.2, 0.25) is 0 Å². The van der Waals surface area contributed by atoms with Crippen molar-refractivity contribution >= 4 is 11.6 Å². The van der Waals surface area contributed by atoms with Crippen molar-refractivity contribution in [1.29, 1.82) is 0 Å². The topological polar surface area (TPSA) is 81.6 Å². The fraction of sp³-hybridized carbons (Fsp3) is 0.286. The Morgan fingerprint density at radius 2 is 2.25 bits per heavy atom. The van der Waals surface area contributed by atoms with Gasteiger partial charge in [-0.2, -0.15) is 0 Å². The number of nitrogens with zero attached hydrogens (tertiary/aromatic N) is 2. The van der Waals surface area contributed by atoms with Crippen molar-refractivity contribution in [3.63, 3.8) is 0 Å². The van der Waals surface area contributed by atoms with Gasteiger partial charge in [-0.1, -0.05) is 17.3 Å². The van der Waals surface area contributed by atoms with Gasteiger partial charge in [0.25, 0.3) is 5.91 Å². The summed E-state index contributed by atoms with van der Waals surface area (Å²) in [6.07, 6.45) is 0. The largest absolute Gasteiger partial charge is 0.399 e. The molecular weight excluding hydrogens is 258 g/mol. The first-order valence-electron chi connectivity index (χ1n) is 6.14. The minimum Gasteiger partial charge on any atom is -0.399 e. The van der Waals surface area contributed by atoms with Gasteiger partial charge in [-0.25, -0.2) is 0 Å². The highest BCUT2D eigenvalue weighted by atomic mass is 16.5. The Morgan fingerprint density at radius 3 is 2.95 bits per heavy atom. The normalized spacial score (nSPS) is 10.5. The van der Waals surface area contributed by atoms with Gasteiger partial charge in [0.05, 0.1) is 0 Å². The van der Waals surface area contributed by atoms with Crippen LogP contribution in [0.15, 0.2) is 34.9 Å². The summed E-state index contributed by atoms with van der Waals surface area (Å²) in [5.74, 6) is 0.312. The summed E-state index contributed by atoms with van der Waals surface area (Å²) >= 11 is 0. The Balaban J connectivity index is 2.04. The lowest BCUT2D eigenvalue weighted by atomic mass is 10.2. The molecule has 1 heterocycles. The van der Waals surface area contributed by atoms with E-state index in [-0.39, 0.29) is 11.6 Å². The number of rotatable bonds is 5. The third-order valence-corrected chi connectivity index (χ3v) is 2.78. The molecule has 0 unspecified atom stereocenters. The van der Waals surface area contributed by atoms with E-state index in [1.165, 1.54) is 0 Å². The van der Waals surface area contributed by atoms with Crippen LogP contribution in [-0.2, 0) is 17.9 Å². The van der Waals surface area contributed by atoms with E-state index in [0.717, 1.165) is 5.56 Å². The molecule has 0 bridgehead atoms. The van der Waals surface area contributed by atoms with E-state index in [4.69, 9.17) is 15.0 Å². The minimum atomic E-state index is -0.210. The minimum absolute atomic E-state index is 0.210. The van der Waals surface area contributed by atoms with Gasteiger partial charge in [0, 0.05) is 32.5 Å². The van der Waals surface area contributed by atoms with E-state index in [0.29, 0.717) is 24.6 Å². The fourth-order valence-electron chi connectivity index (χ4n) is 1.86. The monoisotopic (exact) mass is 275 g/mol. The number of hydrogen-bond acceptors (Lipinski definition) is 5. The van der Waals surface area contributed by atoms with Crippen LogP contribution >= 0.6 is 0 Å². The number of ether oxygens (including phenoxy) is 1. The Kier molecular flexibility index (Phi) is 4.37. The predicted molar refractivity (Wildman–Crippen MR) is 73.9 cm³/mol. The second-order valence-corrected chi connectivity index (χ2v) is 4.52. The van der Waals surface area contributed by atoms with E-state index in [9.17, 15) is 4.79 Å². The Labute approximate surface area is 117 Å². The first kappa shape index (κ1) is 14.1. The molecule has 2 aromatic rings. The van der Waals surface area contributed by atoms with Gasteiger partial charge >= 0.3 is 0 Å². The number of amides is 1. The van der Waals surface area contributed by atoms with Crippen molar-refractivity contribution in [2.75, 3.05) is 19.9 Å². The van der Waals surface area contributed by atoms with Gasteiger partial charge in [0.15, 0.2) is 11.5 Å². The van der Waals surface area contributed by atoms with Crippen LogP contribution in [0.1, 0.15) is 21.8 Å². The first-order chi connectivity index (χ1) is 9.60. The van der Waals surface area contributed by atoms with E-state index in [1.807, 2.05) is 18.2 Å². The molecule has 0 aliphatic carbocycles. The molecule has 0 radical (unpaired) electrons. The van der Waals surface area contributed by atoms with Crippen molar-refractivity contribution in [2.45, 2.75) is 13.2 Å². The summed E-state index contributed by atoms with van der Waals surface area (Å²) in [7, 11) is 3.26. The predicted octanol–water partition coefficient (Wildman–Crippen LogP) is 1.68. The van der Waals surface area contributed by atoms with Crippen molar-refractivity contribution in [2.24, 2.45) is 0 Å². The van der Waals surface area contributed by atoms with E-state index < -0.39 is 0 Å². The molecule has 0 saturated carbocycles. The lowest BCUT2D eigenvalue weighted by molar-refractivity contribution is 0.0774. The molecule has 2 N–H and O–H groups in total. The van der Waals surface area contributed by atoms with Crippen molar-refractivity contribution in [3.8, 4) is 0 Å². The number of methoxy groups -OCH3 is 1. The zero-order chi connectivity index (χ0) is 14.5. The van der Waals surface area contributed by atoms with Crippen molar-refractivity contribution in [1.82, 2.24) is 10.1 Å². The van der Waals surface area contributed by atoms with Crippen LogP contribution in [-0.4, -0.2) is 30.1 Å². The summed E-state index contributed by atoms with van der Waals surface area (Å²) in [6.45, 7) is 0.746. The lowest BCUT2D eigenvalue weighted by Gasteiger charge is -2.15. The van der Waals surface area contributed by atoms with Crippen LogP contribution < -0.4 is 5.73 Å². The Morgan fingerprint density at radius 1 is 1.45 bits per heavy atom. The molecule has 106 valence electrons. The fourth-order valence-corrected chi connectivity index (χ4v) is 1.86. The standard InChI is InChI=1S/C14H17N3O3/c1-17(8-10-4-3-5-11(15)6-10)14(18)13-7-12(9-19-2)20-16-13/h3-7H,8-9,15H2,1-2H3. The molecular formula is C14H17N3O3. The summed E-state index contributed by atoms with van der Waals surface area (Å²) < 4.78 is 9.92. The molecule has 0 saturated heterocycles. The number of carbonyl (C=O) groups is 1. The molecule has 0 fully saturated rings. The van der Waals surface area contributed by atoms with Gasteiger partial charge < -0.3 is 19.9 Å². The second-order valence-electron chi connectivity index (χ2n) is 4.52. The maximum absolute atomic E-state index is 12.2. The number of benzene rings is 1. The number of nitrogen functional groups attached to an aromatic ring is 1. The van der Waals surface area contributed by atoms with Crippen LogP contribution in [0.4, 0.5) is 5.69 Å². The van der Waals surface area contributed by atoms with Crippen LogP contribution in [0.3, 0.4) is 0 Å². The lowest BCUT2D eigenvalue weighted by Crippen LogP contribution is -2.26. The second kappa shape index (κ2) is 6.21. The quantitative estimate of drug-likeness (QED) is 0.839. The third-order valence-electron chi connectivity index (χ3n) is 2.78. The van der Waals surface area contributed by atoms with Gasteiger partial charge in [-0.3, -0.25) is 4.79 Å². The highest BCUT2D eigenvalue weighted by Crippen LogP contribution is 2.12. The van der Waals surface area contributed by atoms with Gasteiger partial charge in [0.1, 0.15) is 6.61 Å². The average Bonchev–Trinajstić information content (AvgIpc) is 2.87. The Bertz CT molecular complexity index is 595. The molecule has 20 heavy (non-hydrogen) atoms. The van der Waals surface area contributed by atoms with Crippen LogP contribution in [0.5, 0.6) is 0 Å². The number of carbonyl (C=O) groups excluding carboxylic acids is 1. The SMILES string of the molecule is COCc1cc(C(=O)N(C)Cc2cccc(N)c2)no1. The molecule has 2 rings (SSSR count). The zero-order valence-electron chi connectivity index (χ0n) is 11.5. The number of nitrogens with two attached hydrogens (primary N) is 1. The molecule has 1 aromatic heterocycles. The maximum Gasteiger partial charge on any atom is 0.276 e. The van der Waals surface area contributed by atoms with Gasteiger partial charge in [-0.05, 0) is 17.7 Å². The summed E-state index contributed by atoms with van der Waals surface area (Å²) in [5, 5.41) is 3.74. The summed E-state index contributed by atoms with van der Waals surface area (Å²) in [4.78, 5) is 13.7. The van der Waals surface area contributed by atoms with Crippen molar-refractivity contribution < 1.29 is 14.1 Å². The summed E-state index contributed by atoms with van der Waals surface area (Å²) in [5.41, 5.74) is 7.61. The Hall–Kier alpha value is -2.34. The molecule has 0 spiro atoms. The number of hydrogen-bond donors (Lipinski definition) is 1. The average molecular weight is 275 g/mol. The molecule has 1 amide bonds. The number of aromatic nitrogens is 1. The van der Waals surface area contributed by atoms with Crippen molar-refractivity contribution in [3.05, 3.63) is 47.3 Å². The van der Waals surface area contributed by atoms with E-state index in [1.54, 1.807) is 31.2 Å². The maximum atomic E-state index is 12.2. The van der Waals surface area contributed by atoms with Crippen LogP contribution in [0.25, 0.3) is 0 Å². The molecule has 6 heteroatoms. The summed E-state index contributed by atoms with van der Waals surface area (Å²) in [6, 6.07) is 9.00. The highest BCUT2D eigenvalue weighted by Gasteiger charge is 2.17. The molecule has 0 aliphatic rings. The van der Waals surface area contributed by atoms with E-state index in [2.05, 4.69) is 5.16 Å². The first-order valence-corrected chi connectivity index (χ1v) is 6.14. The zero-order valence-corrected chi connectivity index (χ0v) is 11.5. The van der Waals surface area contributed by atoms with E-state index >= 15 is 0 Å². The van der Waals surface area contributed by atoms with Crippen LogP contribution in [0.2, 0.25) is 0 Å². The number of anilines is 1. The molecule has 6 nitrogen and oxygen atoms in total.